The summed E-state index contributed by atoms with van der Waals surface area (Å²) < 4.78 is 26.3. The molecule has 0 unspecified atom stereocenters. The molecule has 1 aromatic carbocycles. The van der Waals surface area contributed by atoms with Gasteiger partial charge in [-0.2, -0.15) is 4.31 Å². The molecular weight excluding hydrogens is 246 g/mol. The first-order valence-corrected chi connectivity index (χ1v) is 7.42. The highest BCUT2D eigenvalue weighted by Gasteiger charge is 2.31. The fourth-order valence-corrected chi connectivity index (χ4v) is 3.47. The molecule has 1 aromatic rings. The molecule has 1 aliphatic heterocycles. The Labute approximate surface area is 108 Å². The van der Waals surface area contributed by atoms with Gasteiger partial charge in [0.1, 0.15) is 0 Å². The number of rotatable bonds is 3. The fourth-order valence-electron chi connectivity index (χ4n) is 2.04. The van der Waals surface area contributed by atoms with Crippen LogP contribution >= 0.6 is 0 Å². The Kier molecular flexibility index (Phi) is 3.68. The SMILES string of the molecule is C=C1CN(S(=O)(=O)c2ccccc2)C/C1=C\CC. The molecule has 0 amide bonds. The number of nitrogens with zero attached hydrogens (tertiary/aromatic N) is 1. The van der Waals surface area contributed by atoms with Crippen LogP contribution in [-0.2, 0) is 10.0 Å². The van der Waals surface area contributed by atoms with Gasteiger partial charge < -0.3 is 0 Å². The smallest absolute Gasteiger partial charge is 0.207 e. The van der Waals surface area contributed by atoms with Gasteiger partial charge >= 0.3 is 0 Å². The second-order valence-corrected chi connectivity index (χ2v) is 6.27. The van der Waals surface area contributed by atoms with Crippen LogP contribution < -0.4 is 0 Å². The third-order valence-corrected chi connectivity index (χ3v) is 4.81. The molecule has 1 saturated heterocycles. The van der Waals surface area contributed by atoms with E-state index in [2.05, 4.69) is 6.58 Å². The summed E-state index contributed by atoms with van der Waals surface area (Å²) in [5.74, 6) is 0. The predicted molar refractivity (Wildman–Crippen MR) is 72.7 cm³/mol. The Bertz CT molecular complexity index is 573. The lowest BCUT2D eigenvalue weighted by molar-refractivity contribution is 0.489. The molecule has 2 rings (SSSR count). The van der Waals surface area contributed by atoms with E-state index in [0.29, 0.717) is 18.0 Å². The topological polar surface area (TPSA) is 37.4 Å². The molecule has 1 fully saturated rings. The molecule has 96 valence electrons. The van der Waals surface area contributed by atoms with Gasteiger partial charge in [-0.3, -0.25) is 0 Å². The standard InChI is InChI=1S/C14H17NO2S/c1-3-7-13-11-15(10-12(13)2)18(16,17)14-8-5-4-6-9-14/h4-9H,2-3,10-11H2,1H3/b13-7+. The first-order valence-electron chi connectivity index (χ1n) is 5.98. The minimum atomic E-state index is -3.39. The summed E-state index contributed by atoms with van der Waals surface area (Å²) in [6.45, 7) is 6.80. The first kappa shape index (κ1) is 13.1. The van der Waals surface area contributed by atoms with Gasteiger partial charge in [0.05, 0.1) is 4.90 Å². The number of hydrogen-bond acceptors (Lipinski definition) is 2. The molecule has 4 heteroatoms. The molecule has 0 bridgehead atoms. The van der Waals surface area contributed by atoms with E-state index in [1.807, 2.05) is 19.1 Å². The summed E-state index contributed by atoms with van der Waals surface area (Å²) in [6.07, 6.45) is 2.94. The van der Waals surface area contributed by atoms with Gasteiger partial charge in [-0.1, -0.05) is 37.8 Å². The van der Waals surface area contributed by atoms with Crippen LogP contribution in [0.25, 0.3) is 0 Å². The second-order valence-electron chi connectivity index (χ2n) is 4.33. The van der Waals surface area contributed by atoms with Crippen LogP contribution in [0, 0.1) is 0 Å². The van der Waals surface area contributed by atoms with Crippen LogP contribution in [0.4, 0.5) is 0 Å². The quantitative estimate of drug-likeness (QED) is 0.840. The Morgan fingerprint density at radius 2 is 1.94 bits per heavy atom. The van der Waals surface area contributed by atoms with E-state index in [-0.39, 0.29) is 0 Å². The minimum Gasteiger partial charge on any atom is -0.207 e. The summed E-state index contributed by atoms with van der Waals surface area (Å²) in [5.41, 5.74) is 1.94. The van der Waals surface area contributed by atoms with Crippen molar-refractivity contribution in [1.29, 1.82) is 0 Å². The van der Waals surface area contributed by atoms with Crippen molar-refractivity contribution in [2.75, 3.05) is 13.1 Å². The summed E-state index contributed by atoms with van der Waals surface area (Å²) in [7, 11) is -3.39. The van der Waals surface area contributed by atoms with Crippen LogP contribution in [0.5, 0.6) is 0 Å². The minimum absolute atomic E-state index is 0.343. The van der Waals surface area contributed by atoms with Gasteiger partial charge in [-0.25, -0.2) is 8.42 Å². The van der Waals surface area contributed by atoms with Gasteiger partial charge in [-0.15, -0.1) is 0 Å². The third kappa shape index (κ3) is 2.40. The Morgan fingerprint density at radius 1 is 1.28 bits per heavy atom. The summed E-state index contributed by atoms with van der Waals surface area (Å²) >= 11 is 0. The summed E-state index contributed by atoms with van der Waals surface area (Å²) in [5, 5.41) is 0. The molecule has 1 heterocycles. The van der Waals surface area contributed by atoms with Gasteiger partial charge in [-0.05, 0) is 29.7 Å². The molecule has 0 aliphatic carbocycles. The van der Waals surface area contributed by atoms with Crippen molar-refractivity contribution in [2.45, 2.75) is 18.2 Å². The van der Waals surface area contributed by atoms with Crippen molar-refractivity contribution in [3.63, 3.8) is 0 Å². The Morgan fingerprint density at radius 3 is 2.56 bits per heavy atom. The molecule has 0 saturated carbocycles. The second kappa shape index (κ2) is 5.08. The molecule has 0 atom stereocenters. The van der Waals surface area contributed by atoms with E-state index in [1.54, 1.807) is 24.3 Å². The van der Waals surface area contributed by atoms with Crippen molar-refractivity contribution >= 4 is 10.0 Å². The van der Waals surface area contributed by atoms with Gasteiger partial charge in [0.15, 0.2) is 0 Å². The lowest BCUT2D eigenvalue weighted by Gasteiger charge is -2.14. The zero-order valence-electron chi connectivity index (χ0n) is 10.5. The van der Waals surface area contributed by atoms with Crippen molar-refractivity contribution in [2.24, 2.45) is 0 Å². The van der Waals surface area contributed by atoms with Crippen LogP contribution in [0.2, 0.25) is 0 Å². The van der Waals surface area contributed by atoms with Crippen LogP contribution in [0.15, 0.2) is 59.0 Å². The normalized spacial score (nSPS) is 19.6. The van der Waals surface area contributed by atoms with Crippen LogP contribution in [0.3, 0.4) is 0 Å². The Hall–Kier alpha value is -1.39. The van der Waals surface area contributed by atoms with Crippen LogP contribution in [0.1, 0.15) is 13.3 Å². The average molecular weight is 263 g/mol. The highest BCUT2D eigenvalue weighted by atomic mass is 32.2. The molecule has 3 nitrogen and oxygen atoms in total. The van der Waals surface area contributed by atoms with E-state index in [4.69, 9.17) is 0 Å². The van der Waals surface area contributed by atoms with E-state index < -0.39 is 10.0 Å². The van der Waals surface area contributed by atoms with Crippen molar-refractivity contribution in [1.82, 2.24) is 4.31 Å². The van der Waals surface area contributed by atoms with Gasteiger partial charge in [0.25, 0.3) is 0 Å². The fraction of sp³-hybridized carbons (Fsp3) is 0.286. The predicted octanol–water partition coefficient (Wildman–Crippen LogP) is 2.58. The largest absolute Gasteiger partial charge is 0.243 e. The maximum Gasteiger partial charge on any atom is 0.243 e. The third-order valence-electron chi connectivity index (χ3n) is 3.00. The number of sulfonamides is 1. The molecule has 0 N–H and O–H groups in total. The highest BCUT2D eigenvalue weighted by Crippen LogP contribution is 2.26. The van der Waals surface area contributed by atoms with E-state index in [0.717, 1.165) is 17.6 Å². The zero-order chi connectivity index (χ0) is 13.2. The molecule has 18 heavy (non-hydrogen) atoms. The lowest BCUT2D eigenvalue weighted by atomic mass is 10.1. The lowest BCUT2D eigenvalue weighted by Crippen LogP contribution is -2.28. The number of benzene rings is 1. The van der Waals surface area contributed by atoms with E-state index in [1.165, 1.54) is 4.31 Å². The van der Waals surface area contributed by atoms with Crippen LogP contribution in [-0.4, -0.2) is 25.8 Å². The highest BCUT2D eigenvalue weighted by molar-refractivity contribution is 7.89. The molecule has 0 aromatic heterocycles. The van der Waals surface area contributed by atoms with E-state index in [9.17, 15) is 8.42 Å². The van der Waals surface area contributed by atoms with Crippen molar-refractivity contribution < 1.29 is 8.42 Å². The molecule has 0 spiro atoms. The Balaban J connectivity index is 2.29. The van der Waals surface area contributed by atoms with Gasteiger partial charge in [0, 0.05) is 13.1 Å². The molecule has 0 radical (unpaired) electrons. The average Bonchev–Trinajstić information content (AvgIpc) is 2.73. The maximum absolute atomic E-state index is 12.4. The van der Waals surface area contributed by atoms with E-state index >= 15 is 0 Å². The van der Waals surface area contributed by atoms with Crippen molar-refractivity contribution in [3.8, 4) is 0 Å². The maximum atomic E-state index is 12.4. The molecule has 1 aliphatic rings. The van der Waals surface area contributed by atoms with Crippen molar-refractivity contribution in [3.05, 3.63) is 54.1 Å². The number of allylic oxidation sites excluding steroid dienone is 1. The zero-order valence-corrected chi connectivity index (χ0v) is 11.3. The number of hydrogen-bond donors (Lipinski definition) is 0. The summed E-state index contributed by atoms with van der Waals surface area (Å²) in [6, 6.07) is 8.53. The first-order chi connectivity index (χ1) is 8.55. The summed E-state index contributed by atoms with van der Waals surface area (Å²) in [4.78, 5) is 0.343. The van der Waals surface area contributed by atoms with Gasteiger partial charge in [0.2, 0.25) is 10.0 Å². The molecular formula is C14H17NO2S. The monoisotopic (exact) mass is 263 g/mol.